The standard InChI is InChI=1S/2C18H36O2/c1-3-4-5-6-7-8-9-10-11-12-13-14-15-16-17-18(19)20-2;1-3-4-5-6-7-8-9-10-11-12-13-14-15-16-17(2)18(19)20/h3-17H2,1-2H3;17H,3-16H2,1-2H3,(H,19,20). The van der Waals surface area contributed by atoms with Gasteiger partial charge in [0.1, 0.15) is 0 Å². The van der Waals surface area contributed by atoms with Crippen LogP contribution in [0, 0.1) is 5.92 Å². The number of carbonyl (C=O) groups is 2. The Balaban J connectivity index is 0. The summed E-state index contributed by atoms with van der Waals surface area (Å²) in [7, 11) is 1.46. The van der Waals surface area contributed by atoms with E-state index in [4.69, 9.17) is 5.11 Å². The number of hydrogen-bond acceptors (Lipinski definition) is 3. The van der Waals surface area contributed by atoms with Gasteiger partial charge < -0.3 is 9.84 Å². The van der Waals surface area contributed by atoms with Crippen molar-refractivity contribution in [2.24, 2.45) is 5.92 Å². The summed E-state index contributed by atoms with van der Waals surface area (Å²) >= 11 is 0. The van der Waals surface area contributed by atoms with Gasteiger partial charge in [0, 0.05) is 6.42 Å². The highest BCUT2D eigenvalue weighted by atomic mass is 16.5. The molecule has 0 spiro atoms. The van der Waals surface area contributed by atoms with E-state index in [2.05, 4.69) is 18.6 Å². The molecule has 0 rings (SSSR count). The number of methoxy groups -OCH3 is 1. The van der Waals surface area contributed by atoms with Crippen LogP contribution in [0.5, 0.6) is 0 Å². The minimum atomic E-state index is -0.649. The van der Waals surface area contributed by atoms with Gasteiger partial charge in [0.2, 0.25) is 0 Å². The van der Waals surface area contributed by atoms with Gasteiger partial charge in [-0.2, -0.15) is 0 Å². The van der Waals surface area contributed by atoms with Crippen LogP contribution >= 0.6 is 0 Å². The van der Waals surface area contributed by atoms with Crippen molar-refractivity contribution in [2.45, 2.75) is 207 Å². The van der Waals surface area contributed by atoms with Gasteiger partial charge in [-0.05, 0) is 12.8 Å². The molecular formula is C36H72O4. The molecule has 4 nitrogen and oxygen atoms in total. The minimum absolute atomic E-state index is 0.0658. The Morgan fingerprint density at radius 2 is 0.775 bits per heavy atom. The molecular weight excluding hydrogens is 496 g/mol. The van der Waals surface area contributed by atoms with Crippen molar-refractivity contribution in [2.75, 3.05) is 7.11 Å². The number of rotatable bonds is 30. The topological polar surface area (TPSA) is 63.6 Å². The molecule has 0 aliphatic heterocycles. The van der Waals surface area contributed by atoms with Crippen LogP contribution in [0.15, 0.2) is 0 Å². The first-order valence-electron chi connectivity index (χ1n) is 17.8. The molecule has 0 saturated carbocycles. The molecule has 0 bridgehead atoms. The molecule has 0 aliphatic rings. The van der Waals surface area contributed by atoms with Crippen LogP contribution in [0.2, 0.25) is 0 Å². The van der Waals surface area contributed by atoms with Crippen molar-refractivity contribution in [3.8, 4) is 0 Å². The van der Waals surface area contributed by atoms with Crippen LogP contribution in [0.1, 0.15) is 207 Å². The summed E-state index contributed by atoms with van der Waals surface area (Å²) in [5.41, 5.74) is 0. The van der Waals surface area contributed by atoms with E-state index in [1.165, 1.54) is 168 Å². The largest absolute Gasteiger partial charge is 0.481 e. The predicted molar refractivity (Wildman–Crippen MR) is 174 cm³/mol. The molecule has 1 atom stereocenters. The number of carbonyl (C=O) groups excluding carboxylic acids is 1. The Kier molecular flexibility index (Phi) is 36.9. The second-order valence-corrected chi connectivity index (χ2v) is 12.2. The SMILES string of the molecule is CCCCCCCCCCCCCCCC(C)C(=O)O.CCCCCCCCCCCCCCCCC(=O)OC. The van der Waals surface area contributed by atoms with Gasteiger partial charge >= 0.3 is 11.9 Å². The number of aliphatic carboxylic acids is 1. The van der Waals surface area contributed by atoms with E-state index < -0.39 is 5.97 Å². The summed E-state index contributed by atoms with van der Waals surface area (Å²) in [6.45, 7) is 6.35. The number of carboxylic acid groups (broad SMARTS) is 1. The second-order valence-electron chi connectivity index (χ2n) is 12.2. The van der Waals surface area contributed by atoms with Crippen molar-refractivity contribution in [3.05, 3.63) is 0 Å². The first-order valence-corrected chi connectivity index (χ1v) is 17.8. The Labute approximate surface area is 251 Å². The van der Waals surface area contributed by atoms with E-state index >= 15 is 0 Å². The van der Waals surface area contributed by atoms with Crippen molar-refractivity contribution >= 4 is 11.9 Å². The van der Waals surface area contributed by atoms with Crippen molar-refractivity contribution < 1.29 is 19.4 Å². The van der Waals surface area contributed by atoms with Gasteiger partial charge in [-0.15, -0.1) is 0 Å². The van der Waals surface area contributed by atoms with Crippen LogP contribution in [0.25, 0.3) is 0 Å². The maximum Gasteiger partial charge on any atom is 0.306 e. The van der Waals surface area contributed by atoms with Crippen molar-refractivity contribution in [3.63, 3.8) is 0 Å². The maximum absolute atomic E-state index is 10.9. The summed E-state index contributed by atoms with van der Waals surface area (Å²) in [6.07, 6.45) is 37.8. The fourth-order valence-electron chi connectivity index (χ4n) is 5.16. The number of esters is 1. The van der Waals surface area contributed by atoms with E-state index in [9.17, 15) is 9.59 Å². The third-order valence-corrected chi connectivity index (χ3v) is 8.12. The highest BCUT2D eigenvalue weighted by Crippen LogP contribution is 2.15. The predicted octanol–water partition coefficient (Wildman–Crippen LogP) is 12.2. The highest BCUT2D eigenvalue weighted by Gasteiger charge is 2.09. The Morgan fingerprint density at radius 1 is 0.500 bits per heavy atom. The van der Waals surface area contributed by atoms with E-state index in [0.717, 1.165) is 19.3 Å². The summed E-state index contributed by atoms with van der Waals surface area (Å²) in [5, 5.41) is 8.77. The van der Waals surface area contributed by atoms with E-state index in [-0.39, 0.29) is 11.9 Å². The van der Waals surface area contributed by atoms with Crippen molar-refractivity contribution in [1.29, 1.82) is 0 Å². The molecule has 1 unspecified atom stereocenters. The monoisotopic (exact) mass is 569 g/mol. The van der Waals surface area contributed by atoms with Crippen LogP contribution in [-0.2, 0) is 14.3 Å². The van der Waals surface area contributed by atoms with Gasteiger partial charge in [-0.3, -0.25) is 9.59 Å². The smallest absolute Gasteiger partial charge is 0.306 e. The summed E-state index contributed by atoms with van der Waals surface area (Å²) in [6, 6.07) is 0. The molecule has 1 N–H and O–H groups in total. The molecule has 0 aromatic heterocycles. The molecule has 0 saturated heterocycles. The first kappa shape index (κ1) is 41.1. The van der Waals surface area contributed by atoms with Gasteiger partial charge in [-0.1, -0.05) is 188 Å². The molecule has 0 aromatic carbocycles. The molecule has 240 valence electrons. The Hall–Kier alpha value is -1.06. The van der Waals surface area contributed by atoms with E-state index in [1.807, 2.05) is 6.92 Å². The average Bonchev–Trinajstić information content (AvgIpc) is 2.95. The number of unbranched alkanes of at least 4 members (excludes halogenated alkanes) is 25. The van der Waals surface area contributed by atoms with Crippen molar-refractivity contribution in [1.82, 2.24) is 0 Å². The lowest BCUT2D eigenvalue weighted by molar-refractivity contribution is -0.142. The highest BCUT2D eigenvalue weighted by molar-refractivity contribution is 5.69. The molecule has 40 heavy (non-hydrogen) atoms. The zero-order chi connectivity index (χ0) is 29.9. The van der Waals surface area contributed by atoms with Crippen LogP contribution in [-0.4, -0.2) is 24.2 Å². The molecule has 0 radical (unpaired) electrons. The minimum Gasteiger partial charge on any atom is -0.481 e. The van der Waals surface area contributed by atoms with Crippen LogP contribution in [0.3, 0.4) is 0 Å². The number of hydrogen-bond donors (Lipinski definition) is 1. The fraction of sp³-hybridized carbons (Fsp3) is 0.944. The molecule has 0 fully saturated rings. The summed E-state index contributed by atoms with van der Waals surface area (Å²) in [5.74, 6) is -0.879. The Bertz CT molecular complexity index is 503. The maximum atomic E-state index is 10.9. The van der Waals surface area contributed by atoms with E-state index in [1.54, 1.807) is 0 Å². The van der Waals surface area contributed by atoms with Gasteiger partial charge in [0.15, 0.2) is 0 Å². The third kappa shape index (κ3) is 36.9. The van der Waals surface area contributed by atoms with Gasteiger partial charge in [0.25, 0.3) is 0 Å². The fourth-order valence-corrected chi connectivity index (χ4v) is 5.16. The van der Waals surface area contributed by atoms with E-state index in [0.29, 0.717) is 6.42 Å². The zero-order valence-electron chi connectivity index (χ0n) is 27.8. The molecule has 0 amide bonds. The lowest BCUT2D eigenvalue weighted by Crippen LogP contribution is -2.08. The first-order chi connectivity index (χ1) is 19.5. The molecule has 0 aromatic rings. The second kappa shape index (κ2) is 36.0. The molecule has 0 heterocycles. The number of ether oxygens (including phenoxy) is 1. The van der Waals surface area contributed by atoms with Crippen LogP contribution < -0.4 is 0 Å². The normalized spacial score (nSPS) is 11.6. The average molecular weight is 569 g/mol. The van der Waals surface area contributed by atoms with Crippen LogP contribution in [0.4, 0.5) is 0 Å². The zero-order valence-corrected chi connectivity index (χ0v) is 27.8. The van der Waals surface area contributed by atoms with Gasteiger partial charge in [-0.25, -0.2) is 0 Å². The number of carboxylic acids is 1. The van der Waals surface area contributed by atoms with Gasteiger partial charge in [0.05, 0.1) is 13.0 Å². The third-order valence-electron chi connectivity index (χ3n) is 8.12. The lowest BCUT2D eigenvalue weighted by atomic mass is 10.0. The lowest BCUT2D eigenvalue weighted by Gasteiger charge is -2.05. The Morgan fingerprint density at radius 3 is 1.05 bits per heavy atom. The summed E-state index contributed by atoms with van der Waals surface area (Å²) in [4.78, 5) is 21.6. The quantitative estimate of drug-likeness (QED) is 0.0691. The molecule has 0 aliphatic carbocycles. The molecule has 4 heteroatoms. The summed E-state index contributed by atoms with van der Waals surface area (Å²) < 4.78 is 4.62.